The molecular weight excluding hydrogens is 1350 g/mol. The van der Waals surface area contributed by atoms with Gasteiger partial charge in [-0.2, -0.15) is 0 Å². The number of alkyl halides is 6. The number of fused-ring (bicyclic) bond motifs is 15. The fraction of sp³-hybridized carbons (Fsp3) is 0.632. The van der Waals surface area contributed by atoms with E-state index in [1.807, 2.05) is 0 Å². The number of hydrogen-bond acceptors (Lipinski definition) is 18. The summed E-state index contributed by atoms with van der Waals surface area (Å²) in [5, 5.41) is 29.1. The molecule has 550 valence electrons. The van der Waals surface area contributed by atoms with Crippen molar-refractivity contribution in [2.45, 2.75) is 216 Å². The zero-order chi connectivity index (χ0) is 72.1. The van der Waals surface area contributed by atoms with Gasteiger partial charge in [0.05, 0.1) is 16.9 Å². The van der Waals surface area contributed by atoms with E-state index in [1.165, 1.54) is 51.2 Å². The van der Waals surface area contributed by atoms with Gasteiger partial charge in [0, 0.05) is 84.1 Å². The monoisotopic (exact) mass is 1450 g/mol. The molecule has 101 heavy (non-hydrogen) atoms. The van der Waals surface area contributed by atoms with E-state index in [9.17, 15) is 63.0 Å². The molecule has 0 radical (unpaired) electrons. The van der Waals surface area contributed by atoms with E-state index in [0.717, 1.165) is 38.2 Å². The number of aliphatic hydroxyl groups excluding tert-OH is 2. The van der Waals surface area contributed by atoms with E-state index in [2.05, 4.69) is 0 Å². The van der Waals surface area contributed by atoms with E-state index in [-0.39, 0.29) is 153 Å². The first-order valence-corrected chi connectivity index (χ1v) is 32.9. The van der Waals surface area contributed by atoms with Crippen molar-refractivity contribution in [3.8, 4) is 0 Å². The Morgan fingerprint density at radius 3 is 1.45 bits per heavy atom. The Labute approximate surface area is 628 Å². The van der Waals surface area contributed by atoms with Crippen molar-refractivity contribution in [3.05, 3.63) is 94.7 Å². The van der Waals surface area contributed by atoms with Gasteiger partial charge >= 0.3 is 69.3 Å². The molecule has 0 spiro atoms. The molecule has 0 aromatic carbocycles. The number of aliphatic hydroxyl groups is 2. The van der Waals surface area contributed by atoms with Crippen LogP contribution in [0.4, 0.5) is 26.3 Å². The van der Waals surface area contributed by atoms with Gasteiger partial charge in [-0.3, -0.25) is 52.7 Å². The van der Waals surface area contributed by atoms with Crippen LogP contribution in [0.5, 0.6) is 0 Å². The summed E-state index contributed by atoms with van der Waals surface area (Å²) in [6, 6.07) is 0. The Bertz CT molecular complexity index is 3720. The number of halogens is 6. The molecule has 0 unspecified atom stereocenters. The maximum atomic E-state index is 17.1. The van der Waals surface area contributed by atoms with Crippen LogP contribution < -0.4 is 56.5 Å². The van der Waals surface area contributed by atoms with Gasteiger partial charge < -0.3 is 34.3 Å². The number of carbonyl (C=O) groups excluding carboxylic acids is 12. The Morgan fingerprint density at radius 2 is 0.990 bits per heavy atom. The summed E-state index contributed by atoms with van der Waals surface area (Å²) in [6.45, 7) is 13.0. The smallest absolute Gasteiger partial charge is 0.550 e. The van der Waals surface area contributed by atoms with Gasteiger partial charge in [-0.15, -0.1) is 0 Å². The molecule has 0 amide bonds. The Balaban J connectivity index is 0.000000263. The van der Waals surface area contributed by atoms with Crippen LogP contribution in [-0.4, -0.2) is 147 Å². The molecule has 12 rings (SSSR count). The number of carboxylic acids is 1. The number of aliphatic carboxylic acids is 1. The Morgan fingerprint density at radius 1 is 0.584 bits per heavy atom. The van der Waals surface area contributed by atoms with Gasteiger partial charge in [-0.1, -0.05) is 80.4 Å². The molecule has 0 aromatic rings. The van der Waals surface area contributed by atoms with Crippen LogP contribution >= 0.6 is 0 Å². The van der Waals surface area contributed by atoms with Gasteiger partial charge in [0.1, 0.15) is 25.1 Å². The minimum absolute atomic E-state index is 0. The zero-order valence-corrected chi connectivity index (χ0v) is 60.0. The predicted molar refractivity (Wildman–Crippen MR) is 351 cm³/mol. The van der Waals surface area contributed by atoms with Crippen molar-refractivity contribution in [2.24, 2.45) is 68.0 Å². The van der Waals surface area contributed by atoms with Gasteiger partial charge in [0.15, 0.2) is 76.3 Å². The second-order valence-corrected chi connectivity index (χ2v) is 29.5. The van der Waals surface area contributed by atoms with Gasteiger partial charge in [-0.25, -0.2) is 26.3 Å². The van der Waals surface area contributed by atoms with Gasteiger partial charge in [-0.05, 0) is 162 Å². The molecule has 0 heterocycles. The number of carbonyl (C=O) groups is 12. The van der Waals surface area contributed by atoms with Gasteiger partial charge in [0.2, 0.25) is 5.78 Å². The number of ether oxygens (including phenoxy) is 3. The minimum atomic E-state index is -2.49. The molecule has 12 aliphatic rings. The maximum Gasteiger partial charge on any atom is 1.00 e. The standard InChI is InChI=1S/C27H32F2O7.C23H24F2O5.C21H24F2O4.C2H4O2.3CH4.K/c1-5-6-23(34)36-26(22(33)14-35-15(2)30)10-8-17-18-12-20(28)19-11-16(31)7-9-24(19,3)27(18,29)21(32)13-25(17,26)4;1-12(26)30-11-19(28)15-5-4-14-16-9-18(24)17-8-13(27)6-7-22(17,3)23(16,25)20(29)10-21(14,15)2;1-19-9-18(27)21(23)14(12(19)3-4-13(19)17(26)10-24)8-16(22)15-7-11(25)5-6-20(15,21)2;1-2(3)4;;;;/h7,9,11,17-18,20H,5-6,8,10,12-14H2,1-4H3;5-8,14,16,18H,4,9-11H2,1-3H3;4-7,12,14,16,18,24,27H,3,8-10H2,1-2H3;1H3,(H,3,4);3*1H4;/q;;;;;;;+1/p-1/t17-,18-,20-,24-,25-,26-,27-;14-,16-,18-,21-,22-,23-;12-,14-,16-,18-,19-,20-,21-;;;;;/m000...../s1. The van der Waals surface area contributed by atoms with Crippen molar-refractivity contribution in [2.75, 3.05) is 19.8 Å². The molecule has 25 heteroatoms. The summed E-state index contributed by atoms with van der Waals surface area (Å²) in [4.78, 5) is 145. The second-order valence-electron chi connectivity index (χ2n) is 29.5. The second kappa shape index (κ2) is 30.4. The normalized spacial score (nSPS) is 40.3. The molecule has 7 saturated carbocycles. The molecule has 12 aliphatic carbocycles. The molecular formula is C76H95F6KO18. The number of rotatable bonds is 11. The van der Waals surface area contributed by atoms with E-state index in [4.69, 9.17) is 24.1 Å². The van der Waals surface area contributed by atoms with Crippen molar-refractivity contribution < 1.29 is 165 Å². The fourth-order valence-corrected chi connectivity index (χ4v) is 19.8. The summed E-state index contributed by atoms with van der Waals surface area (Å²) >= 11 is 0. The first-order valence-electron chi connectivity index (χ1n) is 32.9. The first kappa shape index (κ1) is 85.9. The van der Waals surface area contributed by atoms with Crippen molar-refractivity contribution >= 4 is 70.1 Å². The minimum Gasteiger partial charge on any atom is -0.550 e. The van der Waals surface area contributed by atoms with Crippen LogP contribution in [0.15, 0.2) is 94.7 Å². The first-order chi connectivity index (χ1) is 45.0. The van der Waals surface area contributed by atoms with E-state index < -0.39 is 200 Å². The molecule has 18 nitrogen and oxygen atoms in total. The molecule has 2 N–H and O–H groups in total. The van der Waals surface area contributed by atoms with Crippen LogP contribution in [0.3, 0.4) is 0 Å². The third-order valence-corrected chi connectivity index (χ3v) is 24.4. The van der Waals surface area contributed by atoms with Gasteiger partial charge in [0.25, 0.3) is 0 Å². The largest absolute Gasteiger partial charge is 1.00 e. The fourth-order valence-electron chi connectivity index (χ4n) is 19.8. The quantitative estimate of drug-likeness (QED) is 0.0912. The topological polar surface area (TPSA) is 296 Å². The van der Waals surface area contributed by atoms with Crippen molar-refractivity contribution in [1.82, 2.24) is 0 Å². The summed E-state index contributed by atoms with van der Waals surface area (Å²) in [7, 11) is 0. The van der Waals surface area contributed by atoms with Crippen LogP contribution in [0.2, 0.25) is 0 Å². The maximum absolute atomic E-state index is 17.1. The predicted octanol–water partition coefficient (Wildman–Crippen LogP) is 6.98. The summed E-state index contributed by atoms with van der Waals surface area (Å²) < 4.78 is 112. The van der Waals surface area contributed by atoms with Crippen LogP contribution in [0.25, 0.3) is 0 Å². The third-order valence-electron chi connectivity index (χ3n) is 24.4. The summed E-state index contributed by atoms with van der Waals surface area (Å²) in [5.74, 6) is -11.6. The van der Waals surface area contributed by atoms with E-state index >= 15 is 26.3 Å². The van der Waals surface area contributed by atoms with Crippen LogP contribution in [0, 0.1) is 68.0 Å². The van der Waals surface area contributed by atoms with E-state index in [1.54, 1.807) is 46.8 Å². The molecule has 20 atom stereocenters. The molecule has 0 aromatic heterocycles. The van der Waals surface area contributed by atoms with Crippen LogP contribution in [0.1, 0.15) is 169 Å². The SMILES string of the molecule is C.C.C.CC(=O)OCC(=O)C1=CC[C@H]2[C@@H]3C[C@H](F)C4=CC(=O)C=C[C@]4(C)[C@@]3(F)C(=O)C[C@]12C.CC(=O)[O-].CCCC(=O)O[C@]1(C(=O)COC(C)=O)CC[C@H]2[C@@H]3C[C@H](F)C4=CC(=O)C=C[C@]4(C)[C@@]3(F)C(=O)C[C@@]21C.C[C@]12C=CC(=O)C=C1[C@@H](F)C[C@H]1[C@@H]3CC=C(C(=O)CO)[C@@]3(C)C[C@H](O)[C@@]12F.[K+]. The number of carboxylic acid groups (broad SMARTS) is 1. The summed E-state index contributed by atoms with van der Waals surface area (Å²) in [5.41, 5.74) is -15.6. The van der Waals surface area contributed by atoms with Crippen molar-refractivity contribution in [3.63, 3.8) is 0 Å². The number of allylic oxidation sites excluding steroid dienone is 14. The summed E-state index contributed by atoms with van der Waals surface area (Å²) in [6.07, 6.45) is 8.45. The number of esters is 3. The zero-order valence-electron chi connectivity index (χ0n) is 56.9. The van der Waals surface area contributed by atoms with Crippen molar-refractivity contribution in [1.29, 1.82) is 0 Å². The average Bonchev–Trinajstić information content (AvgIpc) is 1.69. The number of Topliss-reactive ketones (excluding diaryl/α,β-unsaturated/α-hetero) is 5. The Hall–Kier alpha value is -5.70. The average molecular weight is 1450 g/mol. The molecule has 7 fully saturated rings. The number of ketones is 8. The van der Waals surface area contributed by atoms with Crippen LogP contribution in [-0.2, 0) is 71.7 Å². The Kier molecular flexibility index (Phi) is 25.9. The molecule has 0 bridgehead atoms. The molecule has 0 aliphatic heterocycles. The van der Waals surface area contributed by atoms with E-state index in [0.29, 0.717) is 30.4 Å². The third kappa shape index (κ3) is 13.4. The number of hydrogen-bond donors (Lipinski definition) is 2. The molecule has 0 saturated heterocycles.